The molecule has 1 heterocycles. The van der Waals surface area contributed by atoms with Crippen molar-refractivity contribution < 1.29 is 0 Å². The Morgan fingerprint density at radius 3 is 2.00 bits per heavy atom. The molecule has 0 unspecified atom stereocenters. The van der Waals surface area contributed by atoms with E-state index in [4.69, 9.17) is 11.1 Å². The minimum absolute atomic E-state index is 0. The Bertz CT molecular complexity index is 180. The van der Waals surface area contributed by atoms with Crippen LogP contribution in [-0.2, 0) is 0 Å². The highest BCUT2D eigenvalue weighted by Gasteiger charge is 1.85. The molecule has 1 aromatic heterocycles. The van der Waals surface area contributed by atoms with Gasteiger partial charge in [-0.15, -0.1) is 12.4 Å². The van der Waals surface area contributed by atoms with E-state index in [1.807, 2.05) is 12.1 Å². The molecular formula is C5H8ClN3. The lowest BCUT2D eigenvalue weighted by molar-refractivity contribution is 1.11. The lowest BCUT2D eigenvalue weighted by Crippen LogP contribution is -2.18. The van der Waals surface area contributed by atoms with Crippen molar-refractivity contribution >= 4 is 18.4 Å². The van der Waals surface area contributed by atoms with E-state index in [0.717, 1.165) is 0 Å². The average Bonchev–Trinajstić information content (AvgIpc) is 2.12. The van der Waals surface area contributed by atoms with E-state index < -0.39 is 0 Å². The monoisotopic (exact) mass is 145 g/mol. The average molecular weight is 146 g/mol. The van der Waals surface area contributed by atoms with E-state index in [0.29, 0.717) is 0 Å². The predicted octanol–water partition coefficient (Wildman–Crippen LogP) is 0.651. The molecule has 0 bridgehead atoms. The topological polar surface area (TPSA) is 54.8 Å². The third-order valence-electron chi connectivity index (χ3n) is 0.883. The molecule has 50 valence electrons. The number of nitrogens with zero attached hydrogens (tertiary/aromatic N) is 1. The van der Waals surface area contributed by atoms with E-state index in [-0.39, 0.29) is 18.4 Å². The van der Waals surface area contributed by atoms with Crippen LogP contribution in [0.1, 0.15) is 0 Å². The molecule has 3 N–H and O–H groups in total. The molecule has 0 amide bonds. The van der Waals surface area contributed by atoms with Gasteiger partial charge in [-0.1, -0.05) is 0 Å². The molecule has 0 fully saturated rings. The Kier molecular flexibility index (Phi) is 2.81. The molecule has 0 spiro atoms. The van der Waals surface area contributed by atoms with E-state index in [1.54, 1.807) is 12.4 Å². The predicted molar refractivity (Wildman–Crippen MR) is 39.0 cm³/mol. The molecule has 0 radical (unpaired) electrons. The highest BCUT2D eigenvalue weighted by molar-refractivity contribution is 5.85. The summed E-state index contributed by atoms with van der Waals surface area (Å²) in [5, 5.41) is 6.89. The summed E-state index contributed by atoms with van der Waals surface area (Å²) in [5.74, 6) is 0.0509. The van der Waals surface area contributed by atoms with Crippen LogP contribution in [0.2, 0.25) is 0 Å². The van der Waals surface area contributed by atoms with Gasteiger partial charge in [0.15, 0.2) is 5.96 Å². The molecule has 0 saturated carbocycles. The van der Waals surface area contributed by atoms with Crippen molar-refractivity contribution in [2.75, 3.05) is 0 Å². The number of nitrogens with one attached hydrogen (secondary N) is 1. The molecule has 1 rings (SSSR count). The molecule has 0 aliphatic heterocycles. The summed E-state index contributed by atoms with van der Waals surface area (Å²) in [6, 6.07) is 3.64. The minimum Gasteiger partial charge on any atom is -0.369 e. The van der Waals surface area contributed by atoms with Crippen LogP contribution in [0.15, 0.2) is 24.5 Å². The Labute approximate surface area is 59.4 Å². The van der Waals surface area contributed by atoms with Gasteiger partial charge in [0.2, 0.25) is 0 Å². The van der Waals surface area contributed by atoms with Crippen LogP contribution in [-0.4, -0.2) is 10.5 Å². The van der Waals surface area contributed by atoms with Crippen molar-refractivity contribution in [2.24, 2.45) is 5.73 Å². The molecule has 0 aliphatic rings. The largest absolute Gasteiger partial charge is 0.369 e. The molecule has 3 nitrogen and oxygen atoms in total. The van der Waals surface area contributed by atoms with Crippen LogP contribution in [0.4, 0.5) is 0 Å². The summed E-state index contributed by atoms with van der Waals surface area (Å²) in [6.07, 6.45) is 3.45. The third-order valence-corrected chi connectivity index (χ3v) is 0.883. The van der Waals surface area contributed by atoms with Gasteiger partial charge < -0.3 is 5.73 Å². The summed E-state index contributed by atoms with van der Waals surface area (Å²) in [6.45, 7) is 0. The van der Waals surface area contributed by atoms with Crippen molar-refractivity contribution in [2.45, 2.75) is 0 Å². The summed E-state index contributed by atoms with van der Waals surface area (Å²) in [7, 11) is 0. The second kappa shape index (κ2) is 3.14. The van der Waals surface area contributed by atoms with Crippen molar-refractivity contribution in [3.63, 3.8) is 0 Å². The first-order valence-electron chi connectivity index (χ1n) is 2.28. The molecule has 1 aromatic rings. The Morgan fingerprint density at radius 2 is 1.78 bits per heavy atom. The van der Waals surface area contributed by atoms with Gasteiger partial charge in [0.25, 0.3) is 0 Å². The van der Waals surface area contributed by atoms with E-state index in [9.17, 15) is 0 Å². The fourth-order valence-electron chi connectivity index (χ4n) is 0.495. The van der Waals surface area contributed by atoms with Gasteiger partial charge in [-0.3, -0.25) is 9.98 Å². The number of nitrogens with two attached hydrogens (primary N) is 1. The number of nitrogen functional groups attached to an aromatic ring is 1. The van der Waals surface area contributed by atoms with E-state index in [1.165, 1.54) is 4.57 Å². The number of aromatic nitrogens is 1. The molecule has 4 heteroatoms. The second-order valence-corrected chi connectivity index (χ2v) is 1.48. The smallest absolute Gasteiger partial charge is 0.196 e. The Morgan fingerprint density at radius 1 is 1.33 bits per heavy atom. The van der Waals surface area contributed by atoms with Gasteiger partial charge in [-0.25, -0.2) is 0 Å². The molecule has 9 heavy (non-hydrogen) atoms. The first-order chi connectivity index (χ1) is 3.80. The van der Waals surface area contributed by atoms with Gasteiger partial charge >= 0.3 is 0 Å². The SMILES string of the molecule is Cl.N=C(N)n1cccc1. The zero-order valence-electron chi connectivity index (χ0n) is 4.74. The van der Waals surface area contributed by atoms with Crippen LogP contribution in [0, 0.1) is 5.41 Å². The lowest BCUT2D eigenvalue weighted by Gasteiger charge is -1.93. The van der Waals surface area contributed by atoms with Crippen LogP contribution < -0.4 is 5.73 Å². The molecule has 0 aliphatic carbocycles. The van der Waals surface area contributed by atoms with E-state index >= 15 is 0 Å². The van der Waals surface area contributed by atoms with Crippen molar-refractivity contribution in [1.82, 2.24) is 4.57 Å². The molecule has 0 saturated heterocycles. The van der Waals surface area contributed by atoms with E-state index in [2.05, 4.69) is 0 Å². The van der Waals surface area contributed by atoms with Crippen molar-refractivity contribution in [1.29, 1.82) is 5.41 Å². The van der Waals surface area contributed by atoms with Gasteiger partial charge in [0, 0.05) is 12.4 Å². The second-order valence-electron chi connectivity index (χ2n) is 1.48. The number of rotatable bonds is 0. The highest BCUT2D eigenvalue weighted by atomic mass is 35.5. The zero-order chi connectivity index (χ0) is 5.98. The Balaban J connectivity index is 0.000000640. The van der Waals surface area contributed by atoms with Crippen LogP contribution in [0.5, 0.6) is 0 Å². The van der Waals surface area contributed by atoms with Crippen LogP contribution >= 0.6 is 12.4 Å². The summed E-state index contributed by atoms with van der Waals surface area (Å²) in [4.78, 5) is 0. The third kappa shape index (κ3) is 1.77. The van der Waals surface area contributed by atoms with Gasteiger partial charge in [-0.05, 0) is 12.1 Å². The summed E-state index contributed by atoms with van der Waals surface area (Å²) in [5.41, 5.74) is 5.10. The van der Waals surface area contributed by atoms with Crippen LogP contribution in [0.25, 0.3) is 0 Å². The zero-order valence-corrected chi connectivity index (χ0v) is 5.56. The molecule has 0 aromatic carbocycles. The fourth-order valence-corrected chi connectivity index (χ4v) is 0.495. The molecular weight excluding hydrogens is 138 g/mol. The van der Waals surface area contributed by atoms with Crippen molar-refractivity contribution in [3.8, 4) is 0 Å². The normalized spacial score (nSPS) is 8.00. The molecule has 0 atom stereocenters. The fraction of sp³-hybridized carbons (Fsp3) is 0. The van der Waals surface area contributed by atoms with Crippen LogP contribution in [0.3, 0.4) is 0 Å². The maximum atomic E-state index is 6.89. The van der Waals surface area contributed by atoms with Gasteiger partial charge in [0.1, 0.15) is 0 Å². The summed E-state index contributed by atoms with van der Waals surface area (Å²) < 4.78 is 1.53. The lowest BCUT2D eigenvalue weighted by atomic mass is 10.7. The van der Waals surface area contributed by atoms with Gasteiger partial charge in [-0.2, -0.15) is 0 Å². The number of halogens is 1. The maximum Gasteiger partial charge on any atom is 0.196 e. The number of hydrogen-bond donors (Lipinski definition) is 2. The summed E-state index contributed by atoms with van der Waals surface area (Å²) >= 11 is 0. The minimum atomic E-state index is 0. The first-order valence-corrected chi connectivity index (χ1v) is 2.28. The maximum absolute atomic E-state index is 6.89. The standard InChI is InChI=1S/C5H7N3.ClH/c6-5(7)8-3-1-2-4-8;/h1-4H,(H3,6,7);1H. The van der Waals surface area contributed by atoms with Crippen molar-refractivity contribution in [3.05, 3.63) is 24.5 Å². The quantitative estimate of drug-likeness (QED) is 0.409. The number of hydrogen-bond acceptors (Lipinski definition) is 1. The van der Waals surface area contributed by atoms with Gasteiger partial charge in [0.05, 0.1) is 0 Å². The highest BCUT2D eigenvalue weighted by Crippen LogP contribution is 1.84. The first kappa shape index (κ1) is 8.04. The Hall–Kier alpha value is -0.960.